The van der Waals surface area contributed by atoms with Crippen LogP contribution in [0.1, 0.15) is 33.6 Å². The van der Waals surface area contributed by atoms with Crippen molar-refractivity contribution < 1.29 is 13.2 Å². The zero-order chi connectivity index (χ0) is 23.0. The van der Waals surface area contributed by atoms with Crippen LogP contribution < -0.4 is 10.0 Å². The Morgan fingerprint density at radius 1 is 1.03 bits per heavy atom. The first kappa shape index (κ1) is 21.9. The Morgan fingerprint density at radius 2 is 1.82 bits per heavy atom. The summed E-state index contributed by atoms with van der Waals surface area (Å²) in [5.41, 5.74) is 1.85. The molecule has 33 heavy (non-hydrogen) atoms. The summed E-state index contributed by atoms with van der Waals surface area (Å²) >= 11 is 7.70. The lowest BCUT2D eigenvalue weighted by molar-refractivity contribution is 0.102. The molecule has 1 amide bonds. The average molecular weight is 498 g/mol. The fourth-order valence-electron chi connectivity index (χ4n) is 4.17. The number of nitrogens with one attached hydrogen (secondary N) is 2. The highest BCUT2D eigenvalue weighted by Gasteiger charge is 2.29. The molecule has 6 nitrogen and oxygen atoms in total. The van der Waals surface area contributed by atoms with E-state index in [1.54, 1.807) is 42.7 Å². The number of sulfonamides is 1. The molecule has 0 bridgehead atoms. The molecule has 0 atom stereocenters. The fraction of sp³-hybridized carbons (Fsp3) is 0.167. The van der Waals surface area contributed by atoms with Gasteiger partial charge >= 0.3 is 0 Å². The van der Waals surface area contributed by atoms with Crippen molar-refractivity contribution in [3.8, 4) is 0 Å². The molecule has 2 heterocycles. The molecule has 0 spiro atoms. The smallest absolute Gasteiger partial charge is 0.263 e. The minimum absolute atomic E-state index is 0.0792. The topological polar surface area (TPSA) is 88.2 Å². The summed E-state index contributed by atoms with van der Waals surface area (Å²) in [7, 11) is -4.01. The molecule has 2 N–H and O–H groups in total. The molecule has 1 aliphatic rings. The van der Waals surface area contributed by atoms with Gasteiger partial charge in [-0.05, 0) is 60.9 Å². The maximum atomic E-state index is 13.5. The van der Waals surface area contributed by atoms with E-state index >= 15 is 0 Å². The highest BCUT2D eigenvalue weighted by Crippen LogP contribution is 2.40. The highest BCUT2D eigenvalue weighted by atomic mass is 35.5. The van der Waals surface area contributed by atoms with Gasteiger partial charge in [-0.25, -0.2) is 8.42 Å². The van der Waals surface area contributed by atoms with Gasteiger partial charge in [0, 0.05) is 21.5 Å². The first-order chi connectivity index (χ1) is 15.9. The number of anilines is 2. The molecule has 0 saturated heterocycles. The van der Waals surface area contributed by atoms with Gasteiger partial charge in [0.1, 0.15) is 5.00 Å². The number of carbonyl (C=O) groups is 1. The van der Waals surface area contributed by atoms with Gasteiger partial charge in [0.2, 0.25) is 0 Å². The molecule has 9 heteroatoms. The first-order valence-corrected chi connectivity index (χ1v) is 13.2. The minimum Gasteiger partial charge on any atom is -0.320 e. The summed E-state index contributed by atoms with van der Waals surface area (Å²) in [6.07, 6.45) is 6.72. The molecule has 2 aromatic heterocycles. The predicted molar refractivity (Wildman–Crippen MR) is 133 cm³/mol. The van der Waals surface area contributed by atoms with Gasteiger partial charge in [-0.2, -0.15) is 0 Å². The monoisotopic (exact) mass is 497 g/mol. The average Bonchev–Trinajstić information content (AvgIpc) is 3.17. The SMILES string of the molecule is O=C(Nc1cccnc1)c1c(NS(=O)(=O)c2cccc3cccc(Cl)c23)sc2c1CCCC2. The second-order valence-corrected chi connectivity index (χ2v) is 11.0. The molecular weight excluding hydrogens is 478 g/mol. The molecule has 5 rings (SSSR count). The Hall–Kier alpha value is -2.94. The molecule has 0 radical (unpaired) electrons. The lowest BCUT2D eigenvalue weighted by Crippen LogP contribution is -2.19. The van der Waals surface area contributed by atoms with Crippen LogP contribution in [0.5, 0.6) is 0 Å². The van der Waals surface area contributed by atoms with E-state index in [4.69, 9.17) is 11.6 Å². The summed E-state index contributed by atoms with van der Waals surface area (Å²) < 4.78 is 29.7. The van der Waals surface area contributed by atoms with Crippen molar-refractivity contribution in [1.29, 1.82) is 0 Å². The van der Waals surface area contributed by atoms with E-state index in [1.165, 1.54) is 17.4 Å². The van der Waals surface area contributed by atoms with Crippen molar-refractivity contribution in [2.75, 3.05) is 10.0 Å². The molecule has 168 valence electrons. The molecule has 0 saturated carbocycles. The van der Waals surface area contributed by atoms with Crippen molar-refractivity contribution in [2.24, 2.45) is 0 Å². The van der Waals surface area contributed by atoms with Crippen LogP contribution in [0.4, 0.5) is 10.7 Å². The van der Waals surface area contributed by atoms with Crippen molar-refractivity contribution in [3.63, 3.8) is 0 Å². The Balaban J connectivity index is 1.58. The van der Waals surface area contributed by atoms with Crippen LogP contribution in [-0.2, 0) is 22.9 Å². The van der Waals surface area contributed by atoms with Gasteiger partial charge in [0.05, 0.1) is 22.3 Å². The zero-order valence-corrected chi connectivity index (χ0v) is 19.9. The number of thiophene rings is 1. The van der Waals surface area contributed by atoms with Gasteiger partial charge in [-0.1, -0.05) is 35.9 Å². The minimum atomic E-state index is -4.01. The van der Waals surface area contributed by atoms with Crippen LogP contribution in [-0.4, -0.2) is 19.3 Å². The van der Waals surface area contributed by atoms with E-state index in [2.05, 4.69) is 15.0 Å². The number of halogens is 1. The first-order valence-electron chi connectivity index (χ1n) is 10.5. The van der Waals surface area contributed by atoms with E-state index in [1.807, 2.05) is 12.1 Å². The third-order valence-electron chi connectivity index (χ3n) is 5.65. The van der Waals surface area contributed by atoms with Crippen LogP contribution in [0.2, 0.25) is 5.02 Å². The molecule has 0 aliphatic heterocycles. The second kappa shape index (κ2) is 8.78. The number of hydrogen-bond donors (Lipinski definition) is 2. The van der Waals surface area contributed by atoms with Crippen LogP contribution in [0, 0.1) is 0 Å². The number of carbonyl (C=O) groups excluding carboxylic acids is 1. The van der Waals surface area contributed by atoms with Crippen molar-refractivity contribution in [3.05, 3.63) is 82.0 Å². The number of aryl methyl sites for hydroxylation is 1. The number of rotatable bonds is 5. The standard InChI is InChI=1S/C24H20ClN3O3S2/c25-18-10-3-6-15-7-4-12-20(21(15)18)33(30,31)28-24-22(17-9-1-2-11-19(17)32-24)23(29)27-16-8-5-13-26-14-16/h3-8,10,12-14,28H,1-2,9,11H2,(H,27,29). The summed E-state index contributed by atoms with van der Waals surface area (Å²) in [5.74, 6) is -0.351. The Kier molecular flexibility index (Phi) is 5.82. The molecule has 0 unspecified atom stereocenters. The van der Waals surface area contributed by atoms with Crippen LogP contribution in [0.3, 0.4) is 0 Å². The Bertz CT molecular complexity index is 1460. The largest absolute Gasteiger partial charge is 0.320 e. The van der Waals surface area contributed by atoms with Gasteiger partial charge < -0.3 is 5.32 Å². The van der Waals surface area contributed by atoms with E-state index < -0.39 is 10.0 Å². The third kappa shape index (κ3) is 4.21. The van der Waals surface area contributed by atoms with Crippen molar-refractivity contribution >= 4 is 60.3 Å². The predicted octanol–water partition coefficient (Wildman–Crippen LogP) is 5.88. The summed E-state index contributed by atoms with van der Waals surface area (Å²) in [6, 6.07) is 13.8. The number of pyridine rings is 1. The van der Waals surface area contributed by atoms with Gasteiger partial charge in [-0.15, -0.1) is 11.3 Å². The maximum absolute atomic E-state index is 13.5. The van der Waals surface area contributed by atoms with E-state index in [9.17, 15) is 13.2 Å². The van der Waals surface area contributed by atoms with Gasteiger partial charge in [0.25, 0.3) is 15.9 Å². The normalized spacial score (nSPS) is 13.5. The zero-order valence-electron chi connectivity index (χ0n) is 17.5. The van der Waals surface area contributed by atoms with Crippen molar-refractivity contribution in [2.45, 2.75) is 30.6 Å². The van der Waals surface area contributed by atoms with Crippen LogP contribution >= 0.6 is 22.9 Å². The molecule has 4 aromatic rings. The Labute approximate surface area is 200 Å². The van der Waals surface area contributed by atoms with E-state index in [-0.39, 0.29) is 10.8 Å². The number of nitrogens with zero attached hydrogens (tertiary/aromatic N) is 1. The summed E-state index contributed by atoms with van der Waals surface area (Å²) in [6.45, 7) is 0. The van der Waals surface area contributed by atoms with E-state index in [0.717, 1.165) is 41.5 Å². The lowest BCUT2D eigenvalue weighted by Gasteiger charge is -2.14. The van der Waals surface area contributed by atoms with Gasteiger partial charge in [0.15, 0.2) is 0 Å². The van der Waals surface area contributed by atoms with Crippen molar-refractivity contribution in [1.82, 2.24) is 4.98 Å². The number of aromatic nitrogens is 1. The molecule has 1 aliphatic carbocycles. The molecular formula is C24H20ClN3O3S2. The maximum Gasteiger partial charge on any atom is 0.263 e. The quantitative estimate of drug-likeness (QED) is 0.360. The van der Waals surface area contributed by atoms with Crippen LogP contribution in [0.15, 0.2) is 65.8 Å². The molecule has 0 fully saturated rings. The number of amides is 1. The number of fused-ring (bicyclic) bond motifs is 2. The molecule has 2 aromatic carbocycles. The van der Waals surface area contributed by atoms with Crippen LogP contribution in [0.25, 0.3) is 10.8 Å². The third-order valence-corrected chi connectivity index (χ3v) is 8.69. The number of hydrogen-bond acceptors (Lipinski definition) is 5. The number of benzene rings is 2. The summed E-state index contributed by atoms with van der Waals surface area (Å²) in [4.78, 5) is 18.4. The van der Waals surface area contributed by atoms with Gasteiger partial charge in [-0.3, -0.25) is 14.5 Å². The lowest BCUT2D eigenvalue weighted by atomic mass is 9.95. The second-order valence-electron chi connectivity index (χ2n) is 7.81. The van der Waals surface area contributed by atoms with E-state index in [0.29, 0.717) is 26.7 Å². The highest BCUT2D eigenvalue weighted by molar-refractivity contribution is 7.93. The Morgan fingerprint density at radius 3 is 2.61 bits per heavy atom. The summed E-state index contributed by atoms with van der Waals surface area (Å²) in [5, 5.41) is 4.71. The fourth-order valence-corrected chi connectivity index (χ4v) is 7.36.